The summed E-state index contributed by atoms with van der Waals surface area (Å²) in [7, 11) is 0. The molecule has 14 heavy (non-hydrogen) atoms. The van der Waals surface area contributed by atoms with Gasteiger partial charge in [0, 0.05) is 25.2 Å². The lowest BCUT2D eigenvalue weighted by atomic mass is 10.2. The predicted octanol–water partition coefficient (Wildman–Crippen LogP) is 1.32. The van der Waals surface area contributed by atoms with E-state index in [2.05, 4.69) is 9.55 Å². The summed E-state index contributed by atoms with van der Waals surface area (Å²) in [5.74, 6) is 0.136. The molecular weight excluding hydrogens is 180 g/mol. The second-order valence-electron chi connectivity index (χ2n) is 3.40. The minimum absolute atomic E-state index is 0.740. The van der Waals surface area contributed by atoms with E-state index in [1.54, 1.807) is 0 Å². The highest BCUT2D eigenvalue weighted by Gasteiger charge is 2.10. The zero-order valence-electron chi connectivity index (χ0n) is 7.81. The molecular formula is C10H12N2O2. The molecule has 4 heteroatoms. The van der Waals surface area contributed by atoms with Crippen molar-refractivity contribution in [3.63, 3.8) is 0 Å². The molecule has 2 rings (SSSR count). The molecule has 0 unspecified atom stereocenters. The van der Waals surface area contributed by atoms with Gasteiger partial charge in [-0.25, -0.2) is 9.78 Å². The van der Waals surface area contributed by atoms with E-state index in [0.717, 1.165) is 30.6 Å². The molecule has 0 fully saturated rings. The van der Waals surface area contributed by atoms with Gasteiger partial charge in [0.1, 0.15) is 5.82 Å². The molecule has 0 saturated heterocycles. The van der Waals surface area contributed by atoms with Crippen LogP contribution >= 0.6 is 0 Å². The second-order valence-corrected chi connectivity index (χ2v) is 3.40. The maximum atomic E-state index is 10.3. The molecule has 1 N–H and O–H groups in total. The average molecular weight is 192 g/mol. The van der Waals surface area contributed by atoms with Crippen molar-refractivity contribution in [1.29, 1.82) is 0 Å². The van der Waals surface area contributed by atoms with Crippen molar-refractivity contribution < 1.29 is 9.90 Å². The molecule has 0 aliphatic carbocycles. The van der Waals surface area contributed by atoms with Crippen LogP contribution in [0.15, 0.2) is 12.3 Å². The standard InChI is InChI=1S/C10H12N2O2/c13-10(14)5-4-8-7-12-6-2-1-3-9(12)11-8/h4-5,7H,1-3,6H2,(H,13,14)/b5-4+. The van der Waals surface area contributed by atoms with Crippen LogP contribution in [-0.4, -0.2) is 20.6 Å². The number of aliphatic carboxylic acids is 1. The highest BCUT2D eigenvalue weighted by atomic mass is 16.4. The van der Waals surface area contributed by atoms with Gasteiger partial charge in [0.05, 0.1) is 5.69 Å². The van der Waals surface area contributed by atoms with Gasteiger partial charge >= 0.3 is 5.97 Å². The Hall–Kier alpha value is -1.58. The van der Waals surface area contributed by atoms with Crippen LogP contribution in [0, 0.1) is 0 Å². The SMILES string of the molecule is O=C(O)/C=C/c1cn2c(n1)CCCC2. The monoisotopic (exact) mass is 192 g/mol. The fraction of sp³-hybridized carbons (Fsp3) is 0.400. The molecule has 0 aromatic carbocycles. The van der Waals surface area contributed by atoms with E-state index in [1.165, 1.54) is 18.9 Å². The van der Waals surface area contributed by atoms with Gasteiger partial charge in [0.25, 0.3) is 0 Å². The van der Waals surface area contributed by atoms with Gasteiger partial charge in [0.15, 0.2) is 0 Å². The minimum atomic E-state index is -0.934. The Balaban J connectivity index is 2.20. The lowest BCUT2D eigenvalue weighted by molar-refractivity contribution is -0.131. The van der Waals surface area contributed by atoms with Gasteiger partial charge in [0.2, 0.25) is 0 Å². The Bertz CT molecular complexity index is 356. The molecule has 0 amide bonds. The van der Waals surface area contributed by atoms with E-state index >= 15 is 0 Å². The van der Waals surface area contributed by atoms with E-state index < -0.39 is 5.97 Å². The van der Waals surface area contributed by atoms with Crippen molar-refractivity contribution in [2.24, 2.45) is 0 Å². The first-order chi connectivity index (χ1) is 6.75. The van der Waals surface area contributed by atoms with E-state index in [0.29, 0.717) is 0 Å². The molecule has 1 aromatic heterocycles. The lowest BCUT2D eigenvalue weighted by Gasteiger charge is -2.11. The molecule has 0 spiro atoms. The smallest absolute Gasteiger partial charge is 0.328 e. The molecule has 0 saturated carbocycles. The topological polar surface area (TPSA) is 55.1 Å². The van der Waals surface area contributed by atoms with Crippen LogP contribution in [0.1, 0.15) is 24.4 Å². The van der Waals surface area contributed by atoms with Crippen LogP contribution in [0.25, 0.3) is 6.08 Å². The number of nitrogens with zero attached hydrogens (tertiary/aromatic N) is 2. The van der Waals surface area contributed by atoms with Crippen LogP contribution in [0.3, 0.4) is 0 Å². The van der Waals surface area contributed by atoms with Crippen LogP contribution in [0.5, 0.6) is 0 Å². The van der Waals surface area contributed by atoms with Gasteiger partial charge in [-0.2, -0.15) is 0 Å². The first-order valence-corrected chi connectivity index (χ1v) is 4.73. The highest BCUT2D eigenvalue weighted by Crippen LogP contribution is 2.14. The van der Waals surface area contributed by atoms with Gasteiger partial charge in [-0.3, -0.25) is 0 Å². The van der Waals surface area contributed by atoms with Crippen molar-refractivity contribution in [2.45, 2.75) is 25.8 Å². The summed E-state index contributed by atoms with van der Waals surface area (Å²) in [5.41, 5.74) is 0.740. The third-order valence-corrected chi connectivity index (χ3v) is 2.32. The van der Waals surface area contributed by atoms with Crippen molar-refractivity contribution in [1.82, 2.24) is 9.55 Å². The second kappa shape index (κ2) is 3.65. The fourth-order valence-electron chi connectivity index (χ4n) is 1.67. The predicted molar refractivity (Wildman–Crippen MR) is 51.8 cm³/mol. The van der Waals surface area contributed by atoms with E-state index in [-0.39, 0.29) is 0 Å². The van der Waals surface area contributed by atoms with E-state index in [1.807, 2.05) is 6.20 Å². The summed E-state index contributed by atoms with van der Waals surface area (Å²) in [4.78, 5) is 14.6. The molecule has 1 aromatic rings. The summed E-state index contributed by atoms with van der Waals surface area (Å²) in [6.07, 6.45) is 7.93. The maximum absolute atomic E-state index is 10.3. The summed E-state index contributed by atoms with van der Waals surface area (Å²) in [6.45, 7) is 1.00. The third-order valence-electron chi connectivity index (χ3n) is 2.32. The number of aromatic nitrogens is 2. The van der Waals surface area contributed by atoms with Crippen LogP contribution < -0.4 is 0 Å². The molecule has 2 heterocycles. The molecule has 0 bridgehead atoms. The van der Waals surface area contributed by atoms with Gasteiger partial charge in [-0.1, -0.05) is 0 Å². The Kier molecular flexibility index (Phi) is 2.35. The fourth-order valence-corrected chi connectivity index (χ4v) is 1.67. The Morgan fingerprint density at radius 3 is 3.14 bits per heavy atom. The molecule has 1 aliphatic rings. The van der Waals surface area contributed by atoms with E-state index in [9.17, 15) is 4.79 Å². The van der Waals surface area contributed by atoms with Crippen LogP contribution in [0.4, 0.5) is 0 Å². The van der Waals surface area contributed by atoms with Crippen molar-refractivity contribution in [3.05, 3.63) is 23.8 Å². The summed E-state index contributed by atoms with van der Waals surface area (Å²) in [5, 5.41) is 8.46. The molecule has 1 aliphatic heterocycles. The van der Waals surface area contributed by atoms with Gasteiger partial charge in [-0.15, -0.1) is 0 Å². The largest absolute Gasteiger partial charge is 0.478 e. The maximum Gasteiger partial charge on any atom is 0.328 e. The van der Waals surface area contributed by atoms with Crippen molar-refractivity contribution >= 4 is 12.0 Å². The zero-order chi connectivity index (χ0) is 9.97. The number of carboxylic acid groups (broad SMARTS) is 1. The van der Waals surface area contributed by atoms with Crippen molar-refractivity contribution in [3.8, 4) is 0 Å². The first kappa shape index (κ1) is 8.99. The first-order valence-electron chi connectivity index (χ1n) is 4.73. The molecule has 74 valence electrons. The number of rotatable bonds is 2. The Morgan fingerprint density at radius 2 is 2.43 bits per heavy atom. The van der Waals surface area contributed by atoms with E-state index in [4.69, 9.17) is 5.11 Å². The summed E-state index contributed by atoms with van der Waals surface area (Å²) in [6, 6.07) is 0. The molecule has 4 nitrogen and oxygen atoms in total. The minimum Gasteiger partial charge on any atom is -0.478 e. The number of aryl methyl sites for hydroxylation is 2. The zero-order valence-corrected chi connectivity index (χ0v) is 7.81. The third kappa shape index (κ3) is 1.84. The number of hydrogen-bond acceptors (Lipinski definition) is 2. The Morgan fingerprint density at radius 1 is 1.57 bits per heavy atom. The molecule has 0 radical (unpaired) electrons. The van der Waals surface area contributed by atoms with Crippen molar-refractivity contribution in [2.75, 3.05) is 0 Å². The van der Waals surface area contributed by atoms with Crippen LogP contribution in [0.2, 0.25) is 0 Å². The van der Waals surface area contributed by atoms with Gasteiger partial charge in [-0.05, 0) is 18.9 Å². The number of carbonyl (C=O) groups is 1. The number of fused-ring (bicyclic) bond motifs is 1. The number of hydrogen-bond donors (Lipinski definition) is 1. The quantitative estimate of drug-likeness (QED) is 0.719. The Labute approximate surface area is 81.9 Å². The van der Waals surface area contributed by atoms with Crippen LogP contribution in [-0.2, 0) is 17.8 Å². The number of carboxylic acids is 1. The average Bonchev–Trinajstić information content (AvgIpc) is 2.57. The normalized spacial score (nSPS) is 15.7. The number of imidazole rings is 1. The summed E-state index contributed by atoms with van der Waals surface area (Å²) >= 11 is 0. The van der Waals surface area contributed by atoms with Gasteiger partial charge < -0.3 is 9.67 Å². The lowest BCUT2D eigenvalue weighted by Crippen LogP contribution is -2.08. The highest BCUT2D eigenvalue weighted by molar-refractivity contribution is 5.84. The summed E-state index contributed by atoms with van der Waals surface area (Å²) < 4.78 is 2.10. The molecule has 0 atom stereocenters.